The van der Waals surface area contributed by atoms with Crippen molar-refractivity contribution in [2.24, 2.45) is 17.3 Å². The zero-order chi connectivity index (χ0) is 51.1. The van der Waals surface area contributed by atoms with Gasteiger partial charge in [-0.05, 0) is 97.7 Å². The number of rotatable bonds is 25. The average molecular weight is 1110 g/mol. The summed E-state index contributed by atoms with van der Waals surface area (Å²) in [5, 5.41) is 10.0. The summed E-state index contributed by atoms with van der Waals surface area (Å²) in [5.74, 6) is 2.00. The lowest BCUT2D eigenvalue weighted by molar-refractivity contribution is -0.149. The second-order valence-electron chi connectivity index (χ2n) is 16.0. The molecule has 70 heavy (non-hydrogen) atoms. The summed E-state index contributed by atoms with van der Waals surface area (Å²) in [7, 11) is 0. The molecule has 3 aromatic carbocycles. The minimum Gasteiger partial charge on any atom is -0.457 e. The molecule has 4 aromatic rings. The molecule has 6 rings (SSSR count). The quantitative estimate of drug-likeness (QED) is 0.0268. The summed E-state index contributed by atoms with van der Waals surface area (Å²) in [6, 6.07) is 23.8. The van der Waals surface area contributed by atoms with Gasteiger partial charge in [0.15, 0.2) is 16.7 Å². The molecule has 1 fully saturated rings. The number of unbranched alkanes of at least 4 members (excludes halogenated alkanes) is 1. The Bertz CT molecular complexity index is 2380. The minimum atomic E-state index is -2.92. The molecule has 13 nitrogen and oxygen atoms in total. The predicted octanol–water partition coefficient (Wildman–Crippen LogP) is 14.6. The van der Waals surface area contributed by atoms with Gasteiger partial charge in [0.05, 0.1) is 57.2 Å². The molecule has 1 saturated carbocycles. The molecule has 0 bridgehead atoms. The van der Waals surface area contributed by atoms with Crippen molar-refractivity contribution in [1.29, 1.82) is 5.26 Å². The molecule has 1 aliphatic carbocycles. The average Bonchev–Trinajstić information content (AvgIpc) is 3.58. The van der Waals surface area contributed by atoms with E-state index in [0.717, 1.165) is 43.8 Å². The number of esters is 1. The van der Waals surface area contributed by atoms with Gasteiger partial charge in [0, 0.05) is 24.0 Å². The van der Waals surface area contributed by atoms with Crippen molar-refractivity contribution in [3.05, 3.63) is 115 Å². The zero-order valence-corrected chi connectivity index (χ0v) is 45.6. The van der Waals surface area contributed by atoms with Crippen LogP contribution >= 0.6 is 64.7 Å². The van der Waals surface area contributed by atoms with Crippen molar-refractivity contribution in [2.75, 3.05) is 53.0 Å². The fourth-order valence-electron chi connectivity index (χ4n) is 6.83. The first-order valence-corrected chi connectivity index (χ1v) is 27.2. The Morgan fingerprint density at radius 1 is 0.843 bits per heavy atom. The fraction of sp³-hybridized carbons (Fsp3) is 0.460. The maximum absolute atomic E-state index is 12.6. The van der Waals surface area contributed by atoms with Crippen LogP contribution in [0.3, 0.4) is 0 Å². The number of benzene rings is 3. The van der Waals surface area contributed by atoms with E-state index >= 15 is 0 Å². The SMILES string of the molecule is CC1(C)C(C=C(Cl)Cl)C1C(=O)OC(C#N)c1cccc(Oc2ccccc2)c1.CCCCOCCOCCOCc1cc2c(cc1CCC)OCO2.CCOP(=S)(OCC)Oc1nc(Cl)c(Cl)cc1Cl. The van der Waals surface area contributed by atoms with Crippen molar-refractivity contribution in [3.63, 3.8) is 0 Å². The number of carbonyl (C=O) groups excluding carboxylic acids is 1. The van der Waals surface area contributed by atoms with Gasteiger partial charge < -0.3 is 37.7 Å². The molecule has 0 radical (unpaired) electrons. The summed E-state index contributed by atoms with van der Waals surface area (Å²) in [6.07, 6.45) is 4.99. The molecule has 2 aliphatic rings. The topological polar surface area (TPSA) is 146 Å². The van der Waals surface area contributed by atoms with Crippen LogP contribution < -0.4 is 18.7 Å². The van der Waals surface area contributed by atoms with E-state index < -0.39 is 18.8 Å². The van der Waals surface area contributed by atoms with Gasteiger partial charge in [-0.3, -0.25) is 13.8 Å². The summed E-state index contributed by atoms with van der Waals surface area (Å²) < 4.78 is 55.1. The third-order valence-electron chi connectivity index (χ3n) is 10.4. The van der Waals surface area contributed by atoms with Crippen molar-refractivity contribution < 1.29 is 51.5 Å². The molecular weight excluding hydrogens is 1040 g/mol. The van der Waals surface area contributed by atoms with Crippen molar-refractivity contribution in [2.45, 2.75) is 79.9 Å². The monoisotopic (exact) mass is 1100 g/mol. The first kappa shape index (κ1) is 59.2. The van der Waals surface area contributed by atoms with Gasteiger partial charge in [-0.25, -0.2) is 0 Å². The van der Waals surface area contributed by atoms with Crippen molar-refractivity contribution in [3.8, 4) is 34.9 Å². The number of ether oxygens (including phenoxy) is 7. The first-order chi connectivity index (χ1) is 33.6. The van der Waals surface area contributed by atoms with Crippen LogP contribution in [0.15, 0.2) is 83.4 Å². The van der Waals surface area contributed by atoms with Crippen LogP contribution in [0.1, 0.15) is 83.6 Å². The Morgan fingerprint density at radius 3 is 2.09 bits per heavy atom. The molecule has 0 spiro atoms. The molecule has 382 valence electrons. The van der Waals surface area contributed by atoms with Gasteiger partial charge in [0.2, 0.25) is 18.8 Å². The molecule has 20 heteroatoms. The van der Waals surface area contributed by atoms with Crippen LogP contribution in [0.2, 0.25) is 15.2 Å². The molecular formula is C50H60Cl5N2O11PS. The van der Waals surface area contributed by atoms with E-state index in [4.69, 9.17) is 117 Å². The number of hydrogen-bond acceptors (Lipinski definition) is 14. The normalized spacial score (nSPS) is 15.5. The fourth-order valence-corrected chi connectivity index (χ4v) is 9.70. The zero-order valence-electron chi connectivity index (χ0n) is 40.1. The van der Waals surface area contributed by atoms with E-state index in [0.29, 0.717) is 70.1 Å². The lowest BCUT2D eigenvalue weighted by Crippen LogP contribution is -2.14. The number of nitriles is 1. The smallest absolute Gasteiger partial charge is 0.381 e. The number of hydrogen-bond donors (Lipinski definition) is 0. The Labute approximate surface area is 442 Å². The molecule has 0 saturated heterocycles. The number of pyridine rings is 1. The second-order valence-corrected chi connectivity index (χ2v) is 21.1. The maximum Gasteiger partial charge on any atom is 0.381 e. The number of fused-ring (bicyclic) bond motifs is 1. The highest BCUT2D eigenvalue weighted by molar-refractivity contribution is 8.07. The molecule has 3 unspecified atom stereocenters. The van der Waals surface area contributed by atoms with Gasteiger partial charge in [-0.1, -0.05) is 129 Å². The number of aryl methyl sites for hydroxylation is 1. The van der Waals surface area contributed by atoms with Crippen molar-refractivity contribution >= 4 is 82.5 Å². The minimum absolute atomic E-state index is 0.0521. The number of para-hydroxylation sites is 1. The molecule has 3 atom stereocenters. The lowest BCUT2D eigenvalue weighted by Gasteiger charge is -2.20. The maximum atomic E-state index is 12.6. The second kappa shape index (κ2) is 30.6. The third-order valence-corrected chi connectivity index (χ3v) is 14.0. The summed E-state index contributed by atoms with van der Waals surface area (Å²) >= 11 is 34.1. The number of nitrogens with zero attached hydrogens (tertiary/aromatic N) is 2. The Balaban J connectivity index is 0.000000234. The Kier molecular flexibility index (Phi) is 25.9. The van der Waals surface area contributed by atoms with Gasteiger partial charge in [-0.2, -0.15) is 10.2 Å². The lowest BCUT2D eigenvalue weighted by atomic mass is 10.0. The van der Waals surface area contributed by atoms with E-state index in [1.54, 1.807) is 44.2 Å². The van der Waals surface area contributed by atoms with Gasteiger partial charge >= 0.3 is 12.7 Å². The number of allylic oxidation sites excluding steroid dienone is 1. The number of aromatic nitrogens is 1. The highest BCUT2D eigenvalue weighted by Crippen LogP contribution is 2.60. The molecule has 0 N–H and O–H groups in total. The largest absolute Gasteiger partial charge is 0.457 e. The van der Waals surface area contributed by atoms with E-state index in [9.17, 15) is 10.1 Å². The van der Waals surface area contributed by atoms with Crippen LogP contribution in [-0.4, -0.2) is 64.0 Å². The van der Waals surface area contributed by atoms with E-state index in [1.807, 2.05) is 56.3 Å². The van der Waals surface area contributed by atoms with E-state index in [1.165, 1.54) is 17.2 Å². The standard InChI is InChI=1S/C22H19Cl2NO3.C19H30O5.C9H11Cl3NO3PS/c1-22(2)17(12-19(23)24)20(22)21(26)28-18(13-25)14-7-6-10-16(11-14)27-15-8-4-3-5-9-15;1-3-5-7-20-8-9-21-10-11-22-14-17-13-19-18(23-15-24-19)12-16(17)6-4-2;1-3-14-17(18,15-4-2)16-9-7(11)5-6(10)8(12)13-9/h3-12,17-18,20H,1-2H3;12-13H,3-11,14-15H2,1-2H3;5H,3-4H2,1-2H3. The molecule has 1 aliphatic heterocycles. The predicted molar refractivity (Wildman–Crippen MR) is 278 cm³/mol. The van der Waals surface area contributed by atoms with Crippen molar-refractivity contribution in [1.82, 2.24) is 4.98 Å². The Morgan fingerprint density at radius 2 is 1.47 bits per heavy atom. The highest BCUT2D eigenvalue weighted by atomic mass is 35.5. The van der Waals surface area contributed by atoms with Gasteiger partial charge in [0.25, 0.3) is 0 Å². The van der Waals surface area contributed by atoms with Crippen LogP contribution in [0, 0.1) is 28.6 Å². The summed E-state index contributed by atoms with van der Waals surface area (Å²) in [4.78, 5) is 16.5. The van der Waals surface area contributed by atoms with Gasteiger partial charge in [0.1, 0.15) is 27.1 Å². The van der Waals surface area contributed by atoms with E-state index in [-0.39, 0.29) is 42.8 Å². The van der Waals surface area contributed by atoms with Gasteiger partial charge in [-0.15, -0.1) is 0 Å². The van der Waals surface area contributed by atoms with Crippen LogP contribution in [0.5, 0.6) is 28.9 Å². The molecule has 1 aromatic heterocycles. The first-order valence-electron chi connectivity index (χ1n) is 22.8. The molecule has 2 heterocycles. The van der Waals surface area contributed by atoms with Crippen LogP contribution in [0.25, 0.3) is 0 Å². The highest BCUT2D eigenvalue weighted by Gasteiger charge is 2.62. The Hall–Kier alpha value is -3.39. The van der Waals surface area contributed by atoms with Crippen LogP contribution in [-0.2, 0) is 57.6 Å². The van der Waals surface area contributed by atoms with E-state index in [2.05, 4.69) is 24.9 Å². The molecule has 0 amide bonds. The summed E-state index contributed by atoms with van der Waals surface area (Å²) in [5.41, 5.74) is 2.67. The number of halogens is 5. The third kappa shape index (κ3) is 19.2. The summed E-state index contributed by atoms with van der Waals surface area (Å²) in [6.45, 7) is 13.7. The van der Waals surface area contributed by atoms with Crippen LogP contribution in [0.4, 0.5) is 0 Å². The number of carbonyl (C=O) groups is 1.